The van der Waals surface area contributed by atoms with Gasteiger partial charge in [-0.2, -0.15) is 0 Å². The summed E-state index contributed by atoms with van der Waals surface area (Å²) in [5.41, 5.74) is 2.51. The fourth-order valence-electron chi connectivity index (χ4n) is 2.27. The number of fused-ring (bicyclic) bond motifs is 1. The molecule has 3 aromatic rings. The van der Waals surface area contributed by atoms with Crippen LogP contribution in [0.4, 0.5) is 5.82 Å². The normalized spacial score (nSPS) is 10.6. The molecule has 0 unspecified atom stereocenters. The summed E-state index contributed by atoms with van der Waals surface area (Å²) in [5.74, 6) is 0.924. The van der Waals surface area contributed by atoms with E-state index in [4.69, 9.17) is 0 Å². The van der Waals surface area contributed by atoms with Crippen molar-refractivity contribution in [3.8, 4) is 0 Å². The zero-order valence-corrected chi connectivity index (χ0v) is 10.9. The molecule has 1 heterocycles. The molecule has 0 bridgehead atoms. The van der Waals surface area contributed by atoms with Crippen molar-refractivity contribution in [3.05, 3.63) is 71.9 Å². The number of aryl methyl sites for hydroxylation is 1. The number of aromatic nitrogens is 1. The highest BCUT2D eigenvalue weighted by atomic mass is 15.0. The number of hydrogen-bond donors (Lipinski definition) is 1. The van der Waals surface area contributed by atoms with E-state index in [1.807, 2.05) is 12.3 Å². The van der Waals surface area contributed by atoms with Crippen molar-refractivity contribution in [1.82, 2.24) is 4.98 Å². The van der Waals surface area contributed by atoms with Crippen molar-refractivity contribution in [2.45, 2.75) is 13.5 Å². The van der Waals surface area contributed by atoms with Crippen LogP contribution in [0.1, 0.15) is 11.1 Å². The van der Waals surface area contributed by atoms with Gasteiger partial charge in [-0.05, 0) is 41.0 Å². The smallest absolute Gasteiger partial charge is 0.126 e. The van der Waals surface area contributed by atoms with Gasteiger partial charge in [0.25, 0.3) is 0 Å². The number of benzene rings is 2. The first-order valence-electron chi connectivity index (χ1n) is 6.46. The molecule has 0 radical (unpaired) electrons. The Hall–Kier alpha value is -2.35. The van der Waals surface area contributed by atoms with Gasteiger partial charge in [0.2, 0.25) is 0 Å². The van der Waals surface area contributed by atoms with Crippen LogP contribution >= 0.6 is 0 Å². The van der Waals surface area contributed by atoms with Gasteiger partial charge < -0.3 is 5.32 Å². The Morgan fingerprint density at radius 1 is 1.00 bits per heavy atom. The van der Waals surface area contributed by atoms with Gasteiger partial charge in [-0.25, -0.2) is 4.98 Å². The number of rotatable bonds is 3. The molecule has 0 aliphatic heterocycles. The van der Waals surface area contributed by atoms with Crippen molar-refractivity contribution < 1.29 is 0 Å². The first kappa shape index (κ1) is 11.7. The SMILES string of the molecule is Cc1ccnc(NCc2cccc3ccccc23)c1. The Kier molecular flexibility index (Phi) is 3.15. The minimum Gasteiger partial charge on any atom is -0.366 e. The maximum Gasteiger partial charge on any atom is 0.126 e. The quantitative estimate of drug-likeness (QED) is 0.753. The van der Waals surface area contributed by atoms with E-state index >= 15 is 0 Å². The average Bonchev–Trinajstić information content (AvgIpc) is 2.45. The molecular formula is C17H16N2. The van der Waals surface area contributed by atoms with E-state index < -0.39 is 0 Å². The third-order valence-electron chi connectivity index (χ3n) is 3.26. The topological polar surface area (TPSA) is 24.9 Å². The van der Waals surface area contributed by atoms with Crippen LogP contribution < -0.4 is 5.32 Å². The van der Waals surface area contributed by atoms with E-state index in [1.54, 1.807) is 0 Å². The maximum absolute atomic E-state index is 4.32. The zero-order chi connectivity index (χ0) is 13.1. The summed E-state index contributed by atoms with van der Waals surface area (Å²) in [6.45, 7) is 2.86. The predicted molar refractivity (Wildman–Crippen MR) is 80.2 cm³/mol. The molecule has 0 saturated heterocycles. The van der Waals surface area contributed by atoms with Gasteiger partial charge in [0.15, 0.2) is 0 Å². The monoisotopic (exact) mass is 248 g/mol. The molecule has 3 rings (SSSR count). The molecule has 0 aliphatic carbocycles. The largest absolute Gasteiger partial charge is 0.366 e. The first-order valence-corrected chi connectivity index (χ1v) is 6.46. The minimum absolute atomic E-state index is 0.789. The molecule has 0 amide bonds. The third kappa shape index (κ3) is 2.58. The predicted octanol–water partition coefficient (Wildman–Crippen LogP) is 4.16. The van der Waals surface area contributed by atoms with E-state index in [2.05, 4.69) is 65.8 Å². The van der Waals surface area contributed by atoms with Crippen LogP contribution in [0, 0.1) is 6.92 Å². The Labute approximate surface area is 113 Å². The van der Waals surface area contributed by atoms with Gasteiger partial charge in [0.05, 0.1) is 0 Å². The maximum atomic E-state index is 4.32. The van der Waals surface area contributed by atoms with Crippen molar-refractivity contribution in [3.63, 3.8) is 0 Å². The molecule has 1 aromatic heterocycles. The van der Waals surface area contributed by atoms with Crippen LogP contribution in [-0.4, -0.2) is 4.98 Å². The lowest BCUT2D eigenvalue weighted by molar-refractivity contribution is 1.12. The van der Waals surface area contributed by atoms with Crippen molar-refractivity contribution >= 4 is 16.6 Å². The molecule has 0 aliphatic rings. The Morgan fingerprint density at radius 2 is 1.84 bits per heavy atom. The van der Waals surface area contributed by atoms with Gasteiger partial charge in [-0.1, -0.05) is 42.5 Å². The van der Waals surface area contributed by atoms with Crippen LogP contribution in [0.2, 0.25) is 0 Å². The second-order valence-corrected chi connectivity index (χ2v) is 4.71. The Morgan fingerprint density at radius 3 is 2.74 bits per heavy atom. The van der Waals surface area contributed by atoms with E-state index in [0.29, 0.717) is 0 Å². The standard InChI is InChI=1S/C17H16N2/c1-13-9-10-18-17(11-13)19-12-15-7-4-6-14-5-2-3-8-16(14)15/h2-11H,12H2,1H3,(H,18,19). The van der Waals surface area contributed by atoms with E-state index in [0.717, 1.165) is 12.4 Å². The summed E-state index contributed by atoms with van der Waals surface area (Å²) in [5, 5.41) is 5.96. The summed E-state index contributed by atoms with van der Waals surface area (Å²) in [7, 11) is 0. The van der Waals surface area contributed by atoms with Gasteiger partial charge in [0, 0.05) is 12.7 Å². The molecule has 1 N–H and O–H groups in total. The average molecular weight is 248 g/mol. The fraction of sp³-hybridized carbons (Fsp3) is 0.118. The van der Waals surface area contributed by atoms with E-state index in [9.17, 15) is 0 Å². The highest BCUT2D eigenvalue weighted by molar-refractivity contribution is 5.85. The summed E-state index contributed by atoms with van der Waals surface area (Å²) in [6.07, 6.45) is 1.83. The van der Waals surface area contributed by atoms with Gasteiger partial charge in [0.1, 0.15) is 5.82 Å². The van der Waals surface area contributed by atoms with Gasteiger partial charge in [-0.3, -0.25) is 0 Å². The van der Waals surface area contributed by atoms with E-state index in [-0.39, 0.29) is 0 Å². The molecule has 0 atom stereocenters. The fourth-order valence-corrected chi connectivity index (χ4v) is 2.27. The highest BCUT2D eigenvalue weighted by Gasteiger charge is 2.00. The van der Waals surface area contributed by atoms with Crippen LogP contribution in [-0.2, 0) is 6.54 Å². The molecule has 0 spiro atoms. The molecule has 2 aromatic carbocycles. The number of anilines is 1. The highest BCUT2D eigenvalue weighted by Crippen LogP contribution is 2.19. The van der Waals surface area contributed by atoms with Crippen molar-refractivity contribution in [2.75, 3.05) is 5.32 Å². The van der Waals surface area contributed by atoms with Crippen LogP contribution in [0.25, 0.3) is 10.8 Å². The summed E-state index contributed by atoms with van der Waals surface area (Å²) < 4.78 is 0. The second-order valence-electron chi connectivity index (χ2n) is 4.71. The lowest BCUT2D eigenvalue weighted by Crippen LogP contribution is -2.01. The lowest BCUT2D eigenvalue weighted by atomic mass is 10.0. The van der Waals surface area contributed by atoms with Gasteiger partial charge >= 0.3 is 0 Å². The second kappa shape index (κ2) is 5.11. The van der Waals surface area contributed by atoms with Crippen LogP contribution in [0.3, 0.4) is 0 Å². The molecule has 2 heteroatoms. The summed E-state index contributed by atoms with van der Waals surface area (Å²) in [4.78, 5) is 4.32. The van der Waals surface area contributed by atoms with E-state index in [1.165, 1.54) is 21.9 Å². The first-order chi connectivity index (χ1) is 9.33. The molecule has 19 heavy (non-hydrogen) atoms. The van der Waals surface area contributed by atoms with Gasteiger partial charge in [-0.15, -0.1) is 0 Å². The number of nitrogens with zero attached hydrogens (tertiary/aromatic N) is 1. The lowest BCUT2D eigenvalue weighted by Gasteiger charge is -2.09. The Balaban J connectivity index is 1.86. The summed E-state index contributed by atoms with van der Waals surface area (Å²) >= 11 is 0. The molecule has 0 fully saturated rings. The van der Waals surface area contributed by atoms with Crippen molar-refractivity contribution in [2.24, 2.45) is 0 Å². The van der Waals surface area contributed by atoms with Crippen molar-refractivity contribution in [1.29, 1.82) is 0 Å². The molecular weight excluding hydrogens is 232 g/mol. The molecule has 94 valence electrons. The molecule has 0 saturated carbocycles. The minimum atomic E-state index is 0.789. The zero-order valence-electron chi connectivity index (χ0n) is 10.9. The number of hydrogen-bond acceptors (Lipinski definition) is 2. The number of pyridine rings is 1. The summed E-state index contributed by atoms with van der Waals surface area (Å²) in [6, 6.07) is 18.9. The van der Waals surface area contributed by atoms with Crippen LogP contribution in [0.15, 0.2) is 60.8 Å². The molecule has 2 nitrogen and oxygen atoms in total. The Bertz CT molecular complexity index is 699. The van der Waals surface area contributed by atoms with Crippen LogP contribution in [0.5, 0.6) is 0 Å². The number of nitrogens with one attached hydrogen (secondary N) is 1. The third-order valence-corrected chi connectivity index (χ3v) is 3.26.